The lowest BCUT2D eigenvalue weighted by Crippen LogP contribution is -2.27. The summed E-state index contributed by atoms with van der Waals surface area (Å²) in [6.07, 6.45) is 5.14. The molecular formula is C19H26ClN3O2. The smallest absolute Gasteiger partial charge is 0.263 e. The van der Waals surface area contributed by atoms with E-state index >= 15 is 0 Å². The van der Waals surface area contributed by atoms with Crippen LogP contribution in [0.1, 0.15) is 31.7 Å². The van der Waals surface area contributed by atoms with E-state index in [2.05, 4.69) is 17.6 Å². The van der Waals surface area contributed by atoms with Gasteiger partial charge in [0.25, 0.3) is 5.91 Å². The van der Waals surface area contributed by atoms with E-state index in [9.17, 15) is 4.79 Å². The van der Waals surface area contributed by atoms with Crippen molar-refractivity contribution in [2.24, 2.45) is 0 Å². The Morgan fingerprint density at radius 1 is 1.24 bits per heavy atom. The minimum atomic E-state index is -0.366. The quantitative estimate of drug-likeness (QED) is 0.340. The minimum Gasteiger partial charge on any atom is -0.389 e. The second-order valence-electron chi connectivity index (χ2n) is 5.58. The molecule has 5 nitrogen and oxygen atoms in total. The molecule has 136 valence electrons. The van der Waals surface area contributed by atoms with Crippen LogP contribution in [0.4, 0.5) is 0 Å². The number of nitrogens with one attached hydrogen (secondary N) is 2. The Hall–Kier alpha value is -2.03. The van der Waals surface area contributed by atoms with Crippen molar-refractivity contribution in [3.8, 4) is 6.07 Å². The Kier molecular flexibility index (Phi) is 11.2. The lowest BCUT2D eigenvalue weighted by molar-refractivity contribution is -0.117. The molecule has 1 aromatic rings. The van der Waals surface area contributed by atoms with Crippen molar-refractivity contribution in [1.29, 1.82) is 5.26 Å². The Morgan fingerprint density at radius 3 is 2.64 bits per heavy atom. The summed E-state index contributed by atoms with van der Waals surface area (Å²) >= 11 is 5.84. The Morgan fingerprint density at radius 2 is 1.96 bits per heavy atom. The zero-order chi connectivity index (χ0) is 18.3. The van der Waals surface area contributed by atoms with Crippen LogP contribution in [0.5, 0.6) is 0 Å². The number of halogens is 1. The van der Waals surface area contributed by atoms with Gasteiger partial charge in [-0.2, -0.15) is 5.26 Å². The van der Waals surface area contributed by atoms with Gasteiger partial charge in [-0.05, 0) is 37.0 Å². The predicted octanol–water partition coefficient (Wildman–Crippen LogP) is 3.20. The second-order valence-corrected chi connectivity index (χ2v) is 6.01. The maximum absolute atomic E-state index is 11.9. The van der Waals surface area contributed by atoms with Gasteiger partial charge in [-0.1, -0.05) is 37.1 Å². The Labute approximate surface area is 155 Å². The van der Waals surface area contributed by atoms with Crippen LogP contribution in [-0.4, -0.2) is 32.2 Å². The number of benzene rings is 1. The summed E-state index contributed by atoms with van der Waals surface area (Å²) in [7, 11) is 0. The molecule has 0 saturated heterocycles. The third-order valence-corrected chi connectivity index (χ3v) is 3.73. The first-order valence-electron chi connectivity index (χ1n) is 8.61. The zero-order valence-corrected chi connectivity index (χ0v) is 15.4. The van der Waals surface area contributed by atoms with E-state index in [0.717, 1.165) is 37.9 Å². The van der Waals surface area contributed by atoms with Gasteiger partial charge in [-0.15, -0.1) is 0 Å². The van der Waals surface area contributed by atoms with Crippen LogP contribution in [-0.2, 0) is 16.0 Å². The number of ether oxygens (including phenoxy) is 1. The third-order valence-electron chi connectivity index (χ3n) is 3.48. The first-order chi connectivity index (χ1) is 12.2. The minimum absolute atomic E-state index is 0.0722. The summed E-state index contributed by atoms with van der Waals surface area (Å²) in [6.45, 7) is 4.61. The van der Waals surface area contributed by atoms with E-state index in [1.807, 2.05) is 30.3 Å². The molecule has 0 bridgehead atoms. The van der Waals surface area contributed by atoms with E-state index in [0.29, 0.717) is 24.7 Å². The molecule has 0 aromatic heterocycles. The van der Waals surface area contributed by atoms with Crippen molar-refractivity contribution in [3.63, 3.8) is 0 Å². The highest BCUT2D eigenvalue weighted by Crippen LogP contribution is 2.09. The SMILES string of the molecule is CCCCOCCCNC(=O)/C(C#N)=C\NCCc1ccc(Cl)cc1. The summed E-state index contributed by atoms with van der Waals surface area (Å²) in [5.41, 5.74) is 1.21. The fourth-order valence-corrected chi connectivity index (χ4v) is 2.14. The number of amides is 1. The van der Waals surface area contributed by atoms with Gasteiger partial charge in [-0.3, -0.25) is 4.79 Å². The molecule has 0 unspecified atom stereocenters. The fraction of sp³-hybridized carbons (Fsp3) is 0.474. The van der Waals surface area contributed by atoms with Crippen molar-refractivity contribution >= 4 is 17.5 Å². The third kappa shape index (κ3) is 9.75. The van der Waals surface area contributed by atoms with Gasteiger partial charge in [-0.25, -0.2) is 0 Å². The number of hydrogen-bond acceptors (Lipinski definition) is 4. The Bertz CT molecular complexity index is 579. The highest BCUT2D eigenvalue weighted by atomic mass is 35.5. The van der Waals surface area contributed by atoms with E-state index < -0.39 is 0 Å². The molecule has 0 heterocycles. The largest absolute Gasteiger partial charge is 0.389 e. The van der Waals surface area contributed by atoms with Crippen LogP contribution < -0.4 is 10.6 Å². The number of carbonyl (C=O) groups is 1. The monoisotopic (exact) mass is 363 g/mol. The number of hydrogen-bond donors (Lipinski definition) is 2. The van der Waals surface area contributed by atoms with Crippen LogP contribution >= 0.6 is 11.6 Å². The maximum atomic E-state index is 11.9. The molecule has 0 aliphatic rings. The van der Waals surface area contributed by atoms with Crippen LogP contribution in [0.3, 0.4) is 0 Å². The highest BCUT2D eigenvalue weighted by Gasteiger charge is 2.07. The summed E-state index contributed by atoms with van der Waals surface area (Å²) in [6, 6.07) is 9.50. The van der Waals surface area contributed by atoms with Gasteiger partial charge >= 0.3 is 0 Å². The van der Waals surface area contributed by atoms with Gasteiger partial charge in [0.15, 0.2) is 0 Å². The normalized spacial score (nSPS) is 11.0. The number of nitriles is 1. The molecule has 0 saturated carbocycles. The van der Waals surface area contributed by atoms with Crippen LogP contribution in [0.15, 0.2) is 36.0 Å². The molecular weight excluding hydrogens is 338 g/mol. The average Bonchev–Trinajstić information content (AvgIpc) is 2.62. The van der Waals surface area contributed by atoms with Gasteiger partial charge in [0.1, 0.15) is 11.6 Å². The van der Waals surface area contributed by atoms with Crippen molar-refractivity contribution < 1.29 is 9.53 Å². The molecule has 1 amide bonds. The fourth-order valence-electron chi connectivity index (χ4n) is 2.01. The summed E-state index contributed by atoms with van der Waals surface area (Å²) in [5.74, 6) is -0.366. The lowest BCUT2D eigenvalue weighted by Gasteiger charge is -2.06. The summed E-state index contributed by atoms with van der Waals surface area (Å²) in [5, 5.41) is 15.5. The van der Waals surface area contributed by atoms with Crippen molar-refractivity contribution in [3.05, 3.63) is 46.6 Å². The van der Waals surface area contributed by atoms with Gasteiger partial charge < -0.3 is 15.4 Å². The molecule has 0 spiro atoms. The van der Waals surface area contributed by atoms with Gasteiger partial charge in [0, 0.05) is 37.5 Å². The van der Waals surface area contributed by atoms with Crippen LogP contribution in [0.2, 0.25) is 5.02 Å². The molecule has 1 aromatic carbocycles. The molecule has 0 aliphatic carbocycles. The Balaban J connectivity index is 2.22. The number of rotatable bonds is 12. The molecule has 25 heavy (non-hydrogen) atoms. The first-order valence-corrected chi connectivity index (χ1v) is 8.99. The lowest BCUT2D eigenvalue weighted by atomic mass is 10.1. The van der Waals surface area contributed by atoms with Crippen molar-refractivity contribution in [2.75, 3.05) is 26.3 Å². The van der Waals surface area contributed by atoms with E-state index in [1.165, 1.54) is 6.20 Å². The van der Waals surface area contributed by atoms with Gasteiger partial charge in [0.05, 0.1) is 0 Å². The molecule has 6 heteroatoms. The first kappa shape index (κ1) is 21.0. The number of unbranched alkanes of at least 4 members (excludes halogenated alkanes) is 1. The van der Waals surface area contributed by atoms with E-state index in [-0.39, 0.29) is 11.5 Å². The van der Waals surface area contributed by atoms with E-state index in [4.69, 9.17) is 21.6 Å². The standard InChI is InChI=1S/C19H26ClN3O2/c1-2-3-12-25-13-4-10-23-19(24)17(14-21)15-22-11-9-16-5-7-18(20)8-6-16/h5-8,15,22H,2-4,9-13H2,1H3,(H,23,24)/b17-15-. The average molecular weight is 364 g/mol. The zero-order valence-electron chi connectivity index (χ0n) is 14.7. The molecule has 0 atom stereocenters. The summed E-state index contributed by atoms with van der Waals surface area (Å²) < 4.78 is 5.42. The molecule has 1 rings (SSSR count). The van der Waals surface area contributed by atoms with Crippen LogP contribution in [0.25, 0.3) is 0 Å². The van der Waals surface area contributed by atoms with E-state index in [1.54, 1.807) is 0 Å². The van der Waals surface area contributed by atoms with Crippen LogP contribution in [0, 0.1) is 11.3 Å². The van der Waals surface area contributed by atoms with Crippen molar-refractivity contribution in [2.45, 2.75) is 32.6 Å². The molecule has 2 N–H and O–H groups in total. The van der Waals surface area contributed by atoms with Gasteiger partial charge in [0.2, 0.25) is 0 Å². The topological polar surface area (TPSA) is 74.1 Å². The molecule has 0 radical (unpaired) electrons. The van der Waals surface area contributed by atoms with Crippen molar-refractivity contribution in [1.82, 2.24) is 10.6 Å². The number of carbonyl (C=O) groups excluding carboxylic acids is 1. The molecule has 0 aliphatic heterocycles. The molecule has 0 fully saturated rings. The summed E-state index contributed by atoms with van der Waals surface area (Å²) in [4.78, 5) is 11.9. The highest BCUT2D eigenvalue weighted by molar-refractivity contribution is 6.30. The predicted molar refractivity (Wildman–Crippen MR) is 100 cm³/mol. The number of nitrogens with zero attached hydrogens (tertiary/aromatic N) is 1. The maximum Gasteiger partial charge on any atom is 0.263 e. The second kappa shape index (κ2) is 13.3.